The van der Waals surface area contributed by atoms with Crippen LogP contribution in [-0.4, -0.2) is 34.2 Å². The fraction of sp³-hybridized carbons (Fsp3) is 0.800. The van der Waals surface area contributed by atoms with Crippen LogP contribution in [0.25, 0.3) is 0 Å². The van der Waals surface area contributed by atoms with Gasteiger partial charge in [0.1, 0.15) is 13.1 Å². The van der Waals surface area contributed by atoms with E-state index in [0.717, 1.165) is 17.1 Å². The second-order valence-electron chi connectivity index (χ2n) is 1.86. The highest BCUT2D eigenvalue weighted by Crippen LogP contribution is 2.09. The normalized spacial score (nSPS) is 11.5. The molecule has 0 atom stereocenters. The molecule has 5 heteroatoms. The van der Waals surface area contributed by atoms with E-state index in [4.69, 9.17) is 11.8 Å². The summed E-state index contributed by atoms with van der Waals surface area (Å²) in [6.45, 7) is 1.24. The van der Waals surface area contributed by atoms with Crippen LogP contribution >= 0.6 is 43.6 Å². The Hall–Kier alpha value is 0.880. The van der Waals surface area contributed by atoms with Crippen molar-refractivity contribution in [2.24, 2.45) is 0 Å². The largest absolute Gasteiger partial charge is 0.319 e. The molecule has 0 aliphatic heterocycles. The Morgan fingerprint density at radius 1 is 1.30 bits per heavy atom. The molecule has 1 amide bonds. The molecule has 0 aromatic heterocycles. The standard InChI is InChI=1S/C5H9Br2ClNO/c6-1-3-9(8,5-10)4-2-7/h5H,1-4H2/q+1. The molecule has 60 valence electrons. The second kappa shape index (κ2) is 5.52. The average Bonchev–Trinajstić information content (AvgIpc) is 1.89. The van der Waals surface area contributed by atoms with Gasteiger partial charge in [-0.15, -0.1) is 0 Å². The number of nitrogens with zero attached hydrogens (tertiary/aromatic N) is 1. The second-order valence-corrected chi connectivity index (χ2v) is 4.12. The van der Waals surface area contributed by atoms with E-state index in [1.165, 1.54) is 0 Å². The van der Waals surface area contributed by atoms with Gasteiger partial charge in [0.05, 0.1) is 10.7 Å². The Labute approximate surface area is 82.5 Å². The summed E-state index contributed by atoms with van der Waals surface area (Å²) in [6, 6.07) is 0. The summed E-state index contributed by atoms with van der Waals surface area (Å²) >= 11 is 12.3. The van der Waals surface area contributed by atoms with Gasteiger partial charge in [-0.1, -0.05) is 31.9 Å². The maximum atomic E-state index is 10.4. The zero-order valence-electron chi connectivity index (χ0n) is 5.40. The third-order valence-electron chi connectivity index (χ3n) is 1.10. The van der Waals surface area contributed by atoms with Crippen LogP contribution in [0, 0.1) is 0 Å². The minimum absolute atomic E-state index is 0.0451. The summed E-state index contributed by atoms with van der Waals surface area (Å²) in [5.41, 5.74) is 0. The molecule has 0 aliphatic rings. The van der Waals surface area contributed by atoms with Crippen molar-refractivity contribution in [2.45, 2.75) is 0 Å². The van der Waals surface area contributed by atoms with Gasteiger partial charge >= 0.3 is 6.41 Å². The van der Waals surface area contributed by atoms with Crippen LogP contribution in [0.2, 0.25) is 0 Å². The molecule has 0 saturated heterocycles. The number of quaternary nitrogens is 1. The fourth-order valence-electron chi connectivity index (χ4n) is 0.498. The fourth-order valence-corrected chi connectivity index (χ4v) is 2.34. The number of hydrogen-bond acceptors (Lipinski definition) is 1. The third-order valence-corrected chi connectivity index (χ3v) is 2.23. The lowest BCUT2D eigenvalue weighted by atomic mass is 10.6. The smallest absolute Gasteiger partial charge is 0.232 e. The molecule has 0 heterocycles. The van der Waals surface area contributed by atoms with Crippen LogP contribution in [-0.2, 0) is 4.79 Å². The first-order valence-electron chi connectivity index (χ1n) is 2.83. The van der Waals surface area contributed by atoms with E-state index < -0.39 is 0 Å². The summed E-state index contributed by atoms with van der Waals surface area (Å²) in [6.07, 6.45) is 0.754. The predicted octanol–water partition coefficient (Wildman–Crippen LogP) is 1.90. The highest BCUT2D eigenvalue weighted by Gasteiger charge is 2.23. The highest BCUT2D eigenvalue weighted by atomic mass is 79.9. The monoisotopic (exact) mass is 292 g/mol. The van der Waals surface area contributed by atoms with Crippen molar-refractivity contribution >= 4 is 50.0 Å². The van der Waals surface area contributed by atoms with Gasteiger partial charge in [-0.2, -0.15) is 4.00 Å². The number of carbonyl (C=O) groups is 1. The van der Waals surface area contributed by atoms with Crippen LogP contribution in [0.5, 0.6) is 0 Å². The molecule has 0 unspecified atom stereocenters. The number of amides is 1. The minimum Gasteiger partial charge on any atom is -0.232 e. The van der Waals surface area contributed by atoms with Crippen molar-refractivity contribution in [3.8, 4) is 0 Å². The van der Waals surface area contributed by atoms with E-state index in [-0.39, 0.29) is 4.00 Å². The summed E-state index contributed by atoms with van der Waals surface area (Å²) in [5.74, 6) is 0. The van der Waals surface area contributed by atoms with Crippen molar-refractivity contribution < 1.29 is 8.80 Å². The predicted molar refractivity (Wildman–Crippen MR) is 49.5 cm³/mol. The van der Waals surface area contributed by atoms with Crippen molar-refractivity contribution in [3.05, 3.63) is 0 Å². The zero-order valence-corrected chi connectivity index (χ0v) is 9.32. The molecular weight excluding hydrogens is 285 g/mol. The topological polar surface area (TPSA) is 17.1 Å². The lowest BCUT2D eigenvalue weighted by Gasteiger charge is -2.18. The molecule has 0 saturated carbocycles. The Morgan fingerprint density at radius 2 is 1.70 bits per heavy atom. The molecule has 0 radical (unpaired) electrons. The van der Waals surface area contributed by atoms with E-state index in [1.807, 2.05) is 0 Å². The van der Waals surface area contributed by atoms with Gasteiger partial charge in [0.2, 0.25) is 0 Å². The molecule has 0 aliphatic carbocycles. The SMILES string of the molecule is O=C[N+](Cl)(CCBr)CCBr. The van der Waals surface area contributed by atoms with Gasteiger partial charge < -0.3 is 0 Å². The Bertz CT molecular complexity index is 106. The molecule has 0 fully saturated rings. The first kappa shape index (κ1) is 10.9. The zero-order chi connectivity index (χ0) is 8.04. The molecule has 0 spiro atoms. The van der Waals surface area contributed by atoms with Gasteiger partial charge in [0, 0.05) is 0 Å². The first-order valence-corrected chi connectivity index (χ1v) is 5.41. The quantitative estimate of drug-likeness (QED) is 0.430. The van der Waals surface area contributed by atoms with Gasteiger partial charge in [-0.3, -0.25) is 0 Å². The summed E-state index contributed by atoms with van der Waals surface area (Å²) in [7, 11) is 0. The Morgan fingerprint density at radius 3 is 1.90 bits per heavy atom. The van der Waals surface area contributed by atoms with E-state index in [2.05, 4.69) is 31.9 Å². The first-order chi connectivity index (χ1) is 4.68. The number of halogens is 3. The van der Waals surface area contributed by atoms with Crippen molar-refractivity contribution in [1.29, 1.82) is 0 Å². The van der Waals surface area contributed by atoms with E-state index in [1.54, 1.807) is 0 Å². The minimum atomic E-state index is -0.0451. The summed E-state index contributed by atoms with van der Waals surface area (Å²) in [5, 5.41) is 1.48. The van der Waals surface area contributed by atoms with Gasteiger partial charge in [0.15, 0.2) is 11.8 Å². The summed E-state index contributed by atoms with van der Waals surface area (Å²) in [4.78, 5) is 10.4. The number of alkyl halides is 2. The van der Waals surface area contributed by atoms with Gasteiger partial charge in [-0.25, -0.2) is 4.79 Å². The number of carbonyl (C=O) groups excluding carboxylic acids is 1. The van der Waals surface area contributed by atoms with E-state index >= 15 is 0 Å². The van der Waals surface area contributed by atoms with Crippen molar-refractivity contribution in [2.75, 3.05) is 23.7 Å². The Balaban J connectivity index is 3.81. The van der Waals surface area contributed by atoms with Crippen LogP contribution in [0.1, 0.15) is 0 Å². The van der Waals surface area contributed by atoms with Crippen molar-refractivity contribution in [1.82, 2.24) is 0 Å². The molecular formula is C5H9Br2ClNO+. The molecule has 10 heavy (non-hydrogen) atoms. The van der Waals surface area contributed by atoms with E-state index in [9.17, 15) is 4.79 Å². The number of hydrogen-bond donors (Lipinski definition) is 0. The molecule has 0 aromatic carbocycles. The van der Waals surface area contributed by atoms with Crippen LogP contribution < -0.4 is 0 Å². The van der Waals surface area contributed by atoms with Gasteiger partial charge in [-0.05, 0) is 0 Å². The molecule has 0 aromatic rings. The summed E-state index contributed by atoms with van der Waals surface area (Å²) < 4.78 is -0.0451. The van der Waals surface area contributed by atoms with Crippen LogP contribution in [0.3, 0.4) is 0 Å². The molecule has 0 rings (SSSR count). The lowest BCUT2D eigenvalue weighted by molar-refractivity contribution is -0.719. The lowest BCUT2D eigenvalue weighted by Crippen LogP contribution is -2.39. The number of rotatable bonds is 5. The molecule has 2 nitrogen and oxygen atoms in total. The molecule has 0 N–H and O–H groups in total. The van der Waals surface area contributed by atoms with E-state index in [0.29, 0.717) is 13.1 Å². The average molecular weight is 294 g/mol. The maximum absolute atomic E-state index is 10.4. The highest BCUT2D eigenvalue weighted by molar-refractivity contribution is 9.09. The maximum Gasteiger partial charge on any atom is 0.319 e. The molecule has 0 bridgehead atoms. The Kier molecular flexibility index (Phi) is 6.01. The van der Waals surface area contributed by atoms with Crippen LogP contribution in [0.15, 0.2) is 0 Å². The van der Waals surface area contributed by atoms with Crippen LogP contribution in [0.4, 0.5) is 0 Å². The van der Waals surface area contributed by atoms with Gasteiger partial charge in [0.25, 0.3) is 0 Å². The third kappa shape index (κ3) is 3.91. The van der Waals surface area contributed by atoms with Crippen molar-refractivity contribution in [3.63, 3.8) is 0 Å².